The smallest absolute Gasteiger partial charge is 0.307 e. The van der Waals surface area contributed by atoms with Crippen LogP contribution in [0.3, 0.4) is 0 Å². The van der Waals surface area contributed by atoms with Crippen molar-refractivity contribution in [1.29, 1.82) is 0 Å². The van der Waals surface area contributed by atoms with Crippen molar-refractivity contribution in [2.45, 2.75) is 78.6 Å². The van der Waals surface area contributed by atoms with Crippen LogP contribution in [0.1, 0.15) is 78.6 Å². The first-order valence-electron chi connectivity index (χ1n) is 12.6. The van der Waals surface area contributed by atoms with E-state index in [1.165, 1.54) is 0 Å². The second kappa shape index (κ2) is 8.38. The molecule has 0 spiro atoms. The lowest BCUT2D eigenvalue weighted by Gasteiger charge is -2.61. The van der Waals surface area contributed by atoms with Gasteiger partial charge in [-0.1, -0.05) is 20.8 Å². The molecule has 4 rings (SSSR count). The van der Waals surface area contributed by atoms with Crippen LogP contribution in [-0.4, -0.2) is 39.0 Å². The Balaban J connectivity index is 1.67. The highest BCUT2D eigenvalue weighted by Gasteiger charge is 2.67. The summed E-state index contributed by atoms with van der Waals surface area (Å²) in [6.07, 6.45) is 4.95. The number of carboxylic acids is 3. The molecular weight excluding hydrogens is 424 g/mol. The van der Waals surface area contributed by atoms with E-state index in [1.807, 2.05) is 6.92 Å². The van der Waals surface area contributed by atoms with Gasteiger partial charge in [-0.3, -0.25) is 19.2 Å². The molecule has 0 aromatic carbocycles. The highest BCUT2D eigenvalue weighted by Crippen LogP contribution is 2.69. The number of carboxylic acid groups (broad SMARTS) is 3. The highest BCUT2D eigenvalue weighted by atomic mass is 16.4. The van der Waals surface area contributed by atoms with Crippen molar-refractivity contribution in [3.8, 4) is 0 Å². The summed E-state index contributed by atoms with van der Waals surface area (Å²) < 4.78 is 0. The fourth-order valence-corrected chi connectivity index (χ4v) is 9.05. The SMILES string of the molecule is C[C@@H](CCC(=O)O)[C@H]1CC[C@H]2[C@H]3C(=O)C[C@@H]4C[C@H](C(=O)O)CC[C@]4(C)[C@H]3C[C@H](C(=O)O)[C@]12C. The summed E-state index contributed by atoms with van der Waals surface area (Å²) in [6, 6.07) is 0. The Hall–Kier alpha value is -1.92. The minimum absolute atomic E-state index is 0.00268. The molecule has 33 heavy (non-hydrogen) atoms. The topological polar surface area (TPSA) is 129 Å². The van der Waals surface area contributed by atoms with Gasteiger partial charge in [0.25, 0.3) is 0 Å². The number of hydrogen-bond acceptors (Lipinski definition) is 4. The molecule has 4 fully saturated rings. The third-order valence-corrected chi connectivity index (χ3v) is 10.8. The molecule has 4 aliphatic rings. The van der Waals surface area contributed by atoms with E-state index in [-0.39, 0.29) is 53.1 Å². The number of carbonyl (C=O) groups excluding carboxylic acids is 1. The van der Waals surface area contributed by atoms with E-state index in [4.69, 9.17) is 5.11 Å². The Bertz CT molecular complexity index is 852. The standard InChI is InChI=1S/C26H38O7/c1-13(4-7-21(28)29)16-5-6-17-22-18(12-19(24(32)33)26(16,17)3)25(2)9-8-14(23(30)31)10-15(25)11-20(22)27/h13-19,22H,4-12H2,1-3H3,(H,28,29)(H,30,31)(H,32,33)/t13-,14+,15-,16+,17-,18-,19+,22+,25-,26+/m0/s1. The fraction of sp³-hybridized carbons (Fsp3) is 0.846. The Kier molecular flexibility index (Phi) is 6.15. The van der Waals surface area contributed by atoms with Crippen LogP contribution in [0, 0.1) is 58.2 Å². The van der Waals surface area contributed by atoms with Gasteiger partial charge in [0.05, 0.1) is 11.8 Å². The summed E-state index contributed by atoms with van der Waals surface area (Å²) >= 11 is 0. The molecule has 7 nitrogen and oxygen atoms in total. The second-order valence-corrected chi connectivity index (χ2v) is 12.0. The van der Waals surface area contributed by atoms with E-state index in [0.717, 1.165) is 19.3 Å². The largest absolute Gasteiger partial charge is 0.481 e. The second-order valence-electron chi connectivity index (χ2n) is 12.0. The number of rotatable bonds is 6. The maximum Gasteiger partial charge on any atom is 0.307 e. The number of Topliss-reactive ketones (excluding diaryl/α,β-unsaturated/α-hetero) is 1. The summed E-state index contributed by atoms with van der Waals surface area (Å²) in [5, 5.41) is 29.1. The third-order valence-electron chi connectivity index (χ3n) is 10.8. The Morgan fingerprint density at radius 2 is 1.70 bits per heavy atom. The van der Waals surface area contributed by atoms with Crippen molar-refractivity contribution < 1.29 is 34.5 Å². The van der Waals surface area contributed by atoms with Gasteiger partial charge < -0.3 is 15.3 Å². The number of ketones is 1. The molecule has 0 bridgehead atoms. The molecule has 0 aromatic heterocycles. The first kappa shape index (κ1) is 24.2. The van der Waals surface area contributed by atoms with Crippen molar-refractivity contribution in [1.82, 2.24) is 0 Å². The average Bonchev–Trinajstić information content (AvgIpc) is 3.09. The summed E-state index contributed by atoms with van der Waals surface area (Å²) in [4.78, 5) is 49.0. The lowest BCUT2D eigenvalue weighted by atomic mass is 9.41. The van der Waals surface area contributed by atoms with Gasteiger partial charge in [-0.25, -0.2) is 0 Å². The minimum Gasteiger partial charge on any atom is -0.481 e. The molecule has 4 aliphatic carbocycles. The summed E-state index contributed by atoms with van der Waals surface area (Å²) in [6.45, 7) is 6.29. The molecule has 0 radical (unpaired) electrons. The van der Waals surface area contributed by atoms with Crippen LogP contribution in [0.25, 0.3) is 0 Å². The van der Waals surface area contributed by atoms with Crippen molar-refractivity contribution >= 4 is 23.7 Å². The summed E-state index contributed by atoms with van der Waals surface area (Å²) in [5.74, 6) is -3.22. The third kappa shape index (κ3) is 3.70. The molecular formula is C26H38O7. The molecule has 0 unspecified atom stereocenters. The van der Waals surface area contributed by atoms with E-state index in [9.17, 15) is 29.4 Å². The zero-order valence-electron chi connectivity index (χ0n) is 20.0. The predicted octanol–water partition coefficient (Wildman–Crippen LogP) is 4.34. The highest BCUT2D eigenvalue weighted by molar-refractivity contribution is 5.84. The monoisotopic (exact) mass is 462 g/mol. The van der Waals surface area contributed by atoms with Crippen molar-refractivity contribution in [3.63, 3.8) is 0 Å². The van der Waals surface area contributed by atoms with E-state index >= 15 is 0 Å². The van der Waals surface area contributed by atoms with Gasteiger partial charge in [0.15, 0.2) is 0 Å². The van der Waals surface area contributed by atoms with Crippen LogP contribution in [-0.2, 0) is 19.2 Å². The minimum atomic E-state index is -0.835. The normalized spacial score (nSPS) is 45.4. The van der Waals surface area contributed by atoms with E-state index < -0.39 is 35.2 Å². The number of carbonyl (C=O) groups is 4. The molecule has 0 aromatic rings. The van der Waals surface area contributed by atoms with E-state index in [1.54, 1.807) is 0 Å². The van der Waals surface area contributed by atoms with Crippen molar-refractivity contribution in [2.24, 2.45) is 58.2 Å². The van der Waals surface area contributed by atoms with Crippen LogP contribution < -0.4 is 0 Å². The lowest BCUT2D eigenvalue weighted by molar-refractivity contribution is -0.182. The first-order chi connectivity index (χ1) is 15.4. The molecule has 10 atom stereocenters. The predicted molar refractivity (Wildman–Crippen MR) is 119 cm³/mol. The quantitative estimate of drug-likeness (QED) is 0.535. The van der Waals surface area contributed by atoms with Gasteiger partial charge in [0.1, 0.15) is 5.78 Å². The zero-order valence-corrected chi connectivity index (χ0v) is 20.0. The van der Waals surface area contributed by atoms with E-state index in [2.05, 4.69) is 13.8 Å². The molecule has 0 saturated heterocycles. The fourth-order valence-electron chi connectivity index (χ4n) is 9.05. The van der Waals surface area contributed by atoms with Crippen LogP contribution in [0.5, 0.6) is 0 Å². The van der Waals surface area contributed by atoms with Gasteiger partial charge in [0.2, 0.25) is 0 Å². The number of fused-ring (bicyclic) bond motifs is 5. The van der Waals surface area contributed by atoms with Gasteiger partial charge in [0, 0.05) is 18.8 Å². The maximum absolute atomic E-state index is 13.6. The summed E-state index contributed by atoms with van der Waals surface area (Å²) in [5.41, 5.74) is -0.728. The van der Waals surface area contributed by atoms with Gasteiger partial charge in [-0.2, -0.15) is 0 Å². The van der Waals surface area contributed by atoms with Gasteiger partial charge in [-0.15, -0.1) is 0 Å². The van der Waals surface area contributed by atoms with Crippen molar-refractivity contribution in [3.05, 3.63) is 0 Å². The molecule has 4 saturated carbocycles. The van der Waals surface area contributed by atoms with Crippen LogP contribution in [0.4, 0.5) is 0 Å². The van der Waals surface area contributed by atoms with Gasteiger partial charge in [-0.05, 0) is 85.4 Å². The molecule has 184 valence electrons. The Morgan fingerprint density at radius 1 is 1.00 bits per heavy atom. The average molecular weight is 463 g/mol. The maximum atomic E-state index is 13.6. The zero-order chi connectivity index (χ0) is 24.3. The molecule has 3 N–H and O–H groups in total. The lowest BCUT2D eigenvalue weighted by Crippen LogP contribution is -2.61. The van der Waals surface area contributed by atoms with E-state index in [0.29, 0.717) is 32.1 Å². The van der Waals surface area contributed by atoms with Crippen LogP contribution >= 0.6 is 0 Å². The van der Waals surface area contributed by atoms with Crippen molar-refractivity contribution in [2.75, 3.05) is 0 Å². The Labute approximate surface area is 195 Å². The number of hydrogen-bond donors (Lipinski definition) is 3. The molecule has 0 amide bonds. The number of aliphatic carboxylic acids is 3. The molecule has 0 heterocycles. The first-order valence-corrected chi connectivity index (χ1v) is 12.6. The molecule has 0 aliphatic heterocycles. The summed E-state index contributed by atoms with van der Waals surface area (Å²) in [7, 11) is 0. The molecule has 7 heteroatoms. The van der Waals surface area contributed by atoms with Crippen LogP contribution in [0.2, 0.25) is 0 Å². The van der Waals surface area contributed by atoms with Crippen LogP contribution in [0.15, 0.2) is 0 Å². The van der Waals surface area contributed by atoms with Gasteiger partial charge >= 0.3 is 17.9 Å². The Morgan fingerprint density at radius 3 is 2.30 bits per heavy atom.